The largest absolute Gasteiger partial charge is 0.377 e. The van der Waals surface area contributed by atoms with E-state index in [1.54, 1.807) is 11.3 Å². The number of aromatic nitrogens is 2. The minimum absolute atomic E-state index is 0.0842. The molecule has 0 saturated heterocycles. The summed E-state index contributed by atoms with van der Waals surface area (Å²) in [5.74, 6) is 0. The van der Waals surface area contributed by atoms with Crippen molar-refractivity contribution in [3.05, 3.63) is 16.7 Å². The zero-order chi connectivity index (χ0) is 13.0. The van der Waals surface area contributed by atoms with Crippen LogP contribution in [0.2, 0.25) is 0 Å². The maximum Gasteiger partial charge on any atom is 0.205 e. The van der Waals surface area contributed by atoms with E-state index in [-0.39, 0.29) is 5.41 Å². The average molecular weight is 267 g/mol. The Hall–Kier alpha value is -0.940. The van der Waals surface area contributed by atoms with Gasteiger partial charge in [0.2, 0.25) is 5.13 Å². The van der Waals surface area contributed by atoms with Crippen LogP contribution in [-0.4, -0.2) is 30.0 Å². The summed E-state index contributed by atoms with van der Waals surface area (Å²) in [6.45, 7) is 9.02. The fourth-order valence-electron chi connectivity index (χ4n) is 1.72. The fraction of sp³-hybridized carbons (Fsp3) is 0.692. The molecule has 1 N–H and O–H groups in total. The highest BCUT2D eigenvalue weighted by Gasteiger charge is 2.19. The summed E-state index contributed by atoms with van der Waals surface area (Å²) in [7, 11) is 0. The van der Waals surface area contributed by atoms with Crippen LogP contribution < -0.4 is 5.32 Å². The van der Waals surface area contributed by atoms with Crippen LogP contribution in [0.4, 0.5) is 5.13 Å². The lowest BCUT2D eigenvalue weighted by Crippen LogP contribution is -2.10. The molecule has 0 spiro atoms. The standard InChI is InChI=1S/C13H21N3OS/c1-13(2,3)11-15-16-12(18-11)14-7-4-10-5-8-17-9-6-10/h5H,4,6-9H2,1-3H3,(H,14,16). The van der Waals surface area contributed by atoms with Crippen LogP contribution in [0.25, 0.3) is 0 Å². The summed E-state index contributed by atoms with van der Waals surface area (Å²) in [5, 5.41) is 13.8. The Balaban J connectivity index is 1.80. The number of rotatable bonds is 4. The highest BCUT2D eigenvalue weighted by molar-refractivity contribution is 7.15. The van der Waals surface area contributed by atoms with Crippen LogP contribution in [0.1, 0.15) is 38.6 Å². The van der Waals surface area contributed by atoms with Gasteiger partial charge in [0, 0.05) is 12.0 Å². The molecule has 0 fully saturated rings. The van der Waals surface area contributed by atoms with E-state index < -0.39 is 0 Å². The zero-order valence-corrected chi connectivity index (χ0v) is 12.1. The van der Waals surface area contributed by atoms with Gasteiger partial charge in [-0.3, -0.25) is 0 Å². The van der Waals surface area contributed by atoms with Crippen molar-refractivity contribution >= 4 is 16.5 Å². The molecule has 0 aromatic carbocycles. The molecule has 0 bridgehead atoms. The second kappa shape index (κ2) is 5.80. The normalized spacial score (nSPS) is 16.5. The summed E-state index contributed by atoms with van der Waals surface area (Å²) >= 11 is 1.65. The summed E-state index contributed by atoms with van der Waals surface area (Å²) in [6.07, 6.45) is 4.31. The predicted octanol–water partition coefficient (Wildman–Crippen LogP) is 2.98. The van der Waals surface area contributed by atoms with Crippen molar-refractivity contribution in [1.29, 1.82) is 0 Å². The van der Waals surface area contributed by atoms with E-state index in [1.807, 2.05) is 0 Å². The predicted molar refractivity (Wildman–Crippen MR) is 75.2 cm³/mol. The quantitative estimate of drug-likeness (QED) is 0.852. The topological polar surface area (TPSA) is 47.0 Å². The number of hydrogen-bond acceptors (Lipinski definition) is 5. The Bertz CT molecular complexity index is 420. The van der Waals surface area contributed by atoms with Crippen LogP contribution >= 0.6 is 11.3 Å². The van der Waals surface area contributed by atoms with Gasteiger partial charge in [-0.05, 0) is 12.8 Å². The van der Waals surface area contributed by atoms with E-state index in [4.69, 9.17) is 4.74 Å². The molecule has 100 valence electrons. The lowest BCUT2D eigenvalue weighted by molar-refractivity contribution is 0.153. The van der Waals surface area contributed by atoms with Gasteiger partial charge in [0.25, 0.3) is 0 Å². The first-order valence-electron chi connectivity index (χ1n) is 6.39. The lowest BCUT2D eigenvalue weighted by atomic mass is 9.98. The molecule has 0 aliphatic carbocycles. The Morgan fingerprint density at radius 3 is 2.83 bits per heavy atom. The number of hydrogen-bond donors (Lipinski definition) is 1. The van der Waals surface area contributed by atoms with Crippen molar-refractivity contribution in [3.8, 4) is 0 Å². The molecule has 0 radical (unpaired) electrons. The van der Waals surface area contributed by atoms with Crippen molar-refractivity contribution in [1.82, 2.24) is 10.2 Å². The van der Waals surface area contributed by atoms with Crippen LogP contribution in [0.3, 0.4) is 0 Å². The third-order valence-electron chi connectivity index (χ3n) is 2.85. The zero-order valence-electron chi connectivity index (χ0n) is 11.3. The summed E-state index contributed by atoms with van der Waals surface area (Å²) in [6, 6.07) is 0. The highest BCUT2D eigenvalue weighted by atomic mass is 32.1. The molecule has 1 aliphatic rings. The molecule has 4 nitrogen and oxygen atoms in total. The van der Waals surface area contributed by atoms with Gasteiger partial charge in [0.15, 0.2) is 0 Å². The molecule has 0 saturated carbocycles. The van der Waals surface area contributed by atoms with E-state index >= 15 is 0 Å². The van der Waals surface area contributed by atoms with E-state index in [0.29, 0.717) is 0 Å². The average Bonchev–Trinajstić information content (AvgIpc) is 2.79. The molecule has 0 atom stereocenters. The number of nitrogens with one attached hydrogen (secondary N) is 1. The first-order chi connectivity index (χ1) is 8.55. The monoisotopic (exact) mass is 267 g/mol. The SMILES string of the molecule is CC(C)(C)c1nnc(NCCC2=CCOCC2)s1. The van der Waals surface area contributed by atoms with E-state index in [9.17, 15) is 0 Å². The van der Waals surface area contributed by atoms with Gasteiger partial charge in [0.05, 0.1) is 13.2 Å². The van der Waals surface area contributed by atoms with Gasteiger partial charge in [-0.2, -0.15) is 0 Å². The number of anilines is 1. The lowest BCUT2D eigenvalue weighted by Gasteiger charge is -2.13. The van der Waals surface area contributed by atoms with Gasteiger partial charge in [0.1, 0.15) is 5.01 Å². The van der Waals surface area contributed by atoms with E-state index in [1.165, 1.54) is 5.57 Å². The molecule has 2 heterocycles. The molecule has 18 heavy (non-hydrogen) atoms. The maximum absolute atomic E-state index is 5.29. The molecule has 0 amide bonds. The third-order valence-corrected chi connectivity index (χ3v) is 4.15. The van der Waals surface area contributed by atoms with Crippen LogP contribution in [-0.2, 0) is 10.2 Å². The third kappa shape index (κ3) is 3.78. The molecule has 2 rings (SSSR count). The summed E-state index contributed by atoms with van der Waals surface area (Å²) in [5.41, 5.74) is 1.57. The Morgan fingerprint density at radius 2 is 2.22 bits per heavy atom. The second-order valence-corrected chi connectivity index (χ2v) is 6.50. The Kier molecular flexibility index (Phi) is 4.35. The minimum Gasteiger partial charge on any atom is -0.377 e. The minimum atomic E-state index is 0.0842. The highest BCUT2D eigenvalue weighted by Crippen LogP contribution is 2.27. The molecule has 1 aromatic rings. The van der Waals surface area contributed by atoms with Gasteiger partial charge in [-0.25, -0.2) is 0 Å². The smallest absolute Gasteiger partial charge is 0.205 e. The van der Waals surface area contributed by atoms with Gasteiger partial charge in [-0.1, -0.05) is 43.8 Å². The Labute approximate surface area is 112 Å². The summed E-state index contributed by atoms with van der Waals surface area (Å²) in [4.78, 5) is 0. The Morgan fingerprint density at radius 1 is 1.39 bits per heavy atom. The van der Waals surface area contributed by atoms with E-state index in [2.05, 4.69) is 42.4 Å². The molecular weight excluding hydrogens is 246 g/mol. The van der Waals surface area contributed by atoms with Crippen LogP contribution in [0.15, 0.2) is 11.6 Å². The van der Waals surface area contributed by atoms with Gasteiger partial charge >= 0.3 is 0 Å². The van der Waals surface area contributed by atoms with Crippen molar-refractivity contribution < 1.29 is 4.74 Å². The molecule has 5 heteroatoms. The molecule has 1 aliphatic heterocycles. The van der Waals surface area contributed by atoms with Crippen LogP contribution in [0, 0.1) is 0 Å². The van der Waals surface area contributed by atoms with Gasteiger partial charge < -0.3 is 10.1 Å². The molecular formula is C13H21N3OS. The summed E-state index contributed by atoms with van der Waals surface area (Å²) < 4.78 is 5.29. The maximum atomic E-state index is 5.29. The fourth-order valence-corrected chi connectivity index (χ4v) is 2.55. The number of ether oxygens (including phenoxy) is 1. The molecule has 0 unspecified atom stereocenters. The number of nitrogens with zero attached hydrogens (tertiary/aromatic N) is 2. The van der Waals surface area contributed by atoms with Crippen molar-refractivity contribution in [2.75, 3.05) is 25.1 Å². The van der Waals surface area contributed by atoms with Crippen LogP contribution in [0.5, 0.6) is 0 Å². The first-order valence-corrected chi connectivity index (χ1v) is 7.21. The molecule has 1 aromatic heterocycles. The van der Waals surface area contributed by atoms with Crippen molar-refractivity contribution in [2.45, 2.75) is 39.0 Å². The second-order valence-electron chi connectivity index (χ2n) is 5.53. The van der Waals surface area contributed by atoms with E-state index in [0.717, 1.165) is 42.7 Å². The van der Waals surface area contributed by atoms with Crippen molar-refractivity contribution in [2.24, 2.45) is 0 Å². The van der Waals surface area contributed by atoms with Crippen molar-refractivity contribution in [3.63, 3.8) is 0 Å². The van der Waals surface area contributed by atoms with Gasteiger partial charge in [-0.15, -0.1) is 10.2 Å². The first kappa shape index (κ1) is 13.5.